The fourth-order valence-corrected chi connectivity index (χ4v) is 5.06. The summed E-state index contributed by atoms with van der Waals surface area (Å²) in [6.07, 6.45) is 12.8. The lowest BCUT2D eigenvalue weighted by Gasteiger charge is -2.25. The van der Waals surface area contributed by atoms with E-state index in [1.54, 1.807) is 0 Å². The number of allylic oxidation sites excluding steroid dienone is 4. The molecule has 0 spiro atoms. The van der Waals surface area contributed by atoms with Crippen LogP contribution in [-0.2, 0) is 0 Å². The molecule has 0 aliphatic heterocycles. The molecule has 2 heterocycles. The van der Waals surface area contributed by atoms with Crippen molar-refractivity contribution in [2.45, 2.75) is 33.6 Å². The first kappa shape index (κ1) is 17.9. The van der Waals surface area contributed by atoms with Crippen LogP contribution in [0.1, 0.15) is 36.5 Å². The van der Waals surface area contributed by atoms with E-state index in [0.717, 1.165) is 5.75 Å². The van der Waals surface area contributed by atoms with E-state index in [4.69, 9.17) is 4.52 Å². The van der Waals surface area contributed by atoms with Crippen LogP contribution in [0.15, 0.2) is 84.5 Å². The Bertz CT molecular complexity index is 963. The van der Waals surface area contributed by atoms with Gasteiger partial charge in [0.2, 0.25) is 0 Å². The van der Waals surface area contributed by atoms with Gasteiger partial charge in [-0.3, -0.25) is 8.68 Å². The first-order valence-electron chi connectivity index (χ1n) is 9.26. The van der Waals surface area contributed by atoms with Crippen molar-refractivity contribution in [3.8, 4) is 5.75 Å². The normalized spacial score (nSPS) is 16.6. The summed E-state index contributed by atoms with van der Waals surface area (Å²) in [7, 11) is -1.04. The average Bonchev–Trinajstić information content (AvgIpc) is 3.41. The molecule has 0 saturated carbocycles. The molecule has 1 aliphatic carbocycles. The molecule has 0 N–H and O–H groups in total. The van der Waals surface area contributed by atoms with Gasteiger partial charge in [-0.1, -0.05) is 29.4 Å². The Balaban J connectivity index is 1.80. The summed E-state index contributed by atoms with van der Waals surface area (Å²) in [5, 5.41) is 0. The zero-order chi connectivity index (χ0) is 19.0. The van der Waals surface area contributed by atoms with Crippen molar-refractivity contribution < 1.29 is 4.52 Å². The average molecular weight is 376 g/mol. The van der Waals surface area contributed by atoms with Crippen LogP contribution in [0.3, 0.4) is 0 Å². The number of hydrogen-bond acceptors (Lipinski definition) is 1. The van der Waals surface area contributed by atoms with Crippen molar-refractivity contribution in [1.82, 2.24) is 8.68 Å². The van der Waals surface area contributed by atoms with Gasteiger partial charge < -0.3 is 4.52 Å². The molecule has 0 fully saturated rings. The molecule has 0 amide bonds. The van der Waals surface area contributed by atoms with Crippen molar-refractivity contribution in [2.75, 3.05) is 0 Å². The maximum atomic E-state index is 6.70. The SMILES string of the molecule is CC1=C(C)C(c2c(OP(n3cccc3)n3cccc3)ccc(C)c2C)C=C1. The third-order valence-corrected chi connectivity index (χ3v) is 7.12. The van der Waals surface area contributed by atoms with Crippen LogP contribution in [0, 0.1) is 13.8 Å². The van der Waals surface area contributed by atoms with E-state index in [1.807, 2.05) is 24.3 Å². The molecular weight excluding hydrogens is 351 g/mol. The van der Waals surface area contributed by atoms with Crippen LogP contribution in [0.5, 0.6) is 5.75 Å². The van der Waals surface area contributed by atoms with E-state index < -0.39 is 8.45 Å². The second kappa shape index (κ2) is 7.25. The van der Waals surface area contributed by atoms with E-state index in [9.17, 15) is 0 Å². The van der Waals surface area contributed by atoms with Gasteiger partial charge in [-0.2, -0.15) is 0 Å². The second-order valence-corrected chi connectivity index (χ2v) is 8.70. The van der Waals surface area contributed by atoms with Crippen LogP contribution >= 0.6 is 8.45 Å². The lowest BCUT2D eigenvalue weighted by atomic mass is 9.88. The number of rotatable bonds is 5. The minimum Gasteiger partial charge on any atom is -0.436 e. The fourth-order valence-electron chi connectivity index (χ4n) is 3.53. The zero-order valence-corrected chi connectivity index (χ0v) is 17.1. The van der Waals surface area contributed by atoms with Crippen LogP contribution in [-0.4, -0.2) is 8.68 Å². The first-order valence-corrected chi connectivity index (χ1v) is 10.4. The summed E-state index contributed by atoms with van der Waals surface area (Å²) >= 11 is 0. The highest BCUT2D eigenvalue weighted by molar-refractivity contribution is 7.49. The predicted octanol–water partition coefficient (Wildman–Crippen LogP) is 6.60. The van der Waals surface area contributed by atoms with Crippen molar-refractivity contribution in [3.05, 3.63) is 101 Å². The highest BCUT2D eigenvalue weighted by atomic mass is 31.2. The number of aryl methyl sites for hydroxylation is 1. The number of benzene rings is 1. The van der Waals surface area contributed by atoms with E-state index in [1.165, 1.54) is 27.8 Å². The van der Waals surface area contributed by atoms with Gasteiger partial charge in [0.25, 0.3) is 0 Å². The van der Waals surface area contributed by atoms with Crippen molar-refractivity contribution in [2.24, 2.45) is 0 Å². The Morgan fingerprint density at radius 3 is 1.96 bits per heavy atom. The minimum absolute atomic E-state index is 0.283. The Kier molecular flexibility index (Phi) is 4.80. The van der Waals surface area contributed by atoms with Gasteiger partial charge in [0.15, 0.2) is 0 Å². The standard InChI is InChI=1S/C23H25N2OP/c1-17-9-11-21(19(17)3)23-20(4)18(2)10-12-22(23)26-27(24-13-5-6-14-24)25-15-7-8-16-25/h5-16,21H,1-4H3. The third-order valence-electron chi connectivity index (χ3n) is 5.44. The maximum absolute atomic E-state index is 6.70. The lowest BCUT2D eigenvalue weighted by molar-refractivity contribution is 0.581. The van der Waals surface area contributed by atoms with E-state index >= 15 is 0 Å². The predicted molar refractivity (Wildman–Crippen MR) is 113 cm³/mol. The lowest BCUT2D eigenvalue weighted by Crippen LogP contribution is -2.08. The monoisotopic (exact) mass is 376 g/mol. The van der Waals surface area contributed by atoms with Gasteiger partial charge in [0, 0.05) is 36.3 Å². The largest absolute Gasteiger partial charge is 0.436 e. The highest BCUT2D eigenvalue weighted by Crippen LogP contribution is 2.47. The summed E-state index contributed by atoms with van der Waals surface area (Å²) in [5.41, 5.74) is 6.65. The molecule has 1 aliphatic rings. The molecule has 0 bridgehead atoms. The molecule has 0 saturated heterocycles. The summed E-state index contributed by atoms with van der Waals surface area (Å²) in [6, 6.07) is 12.5. The van der Waals surface area contributed by atoms with Crippen LogP contribution in [0.2, 0.25) is 0 Å². The number of hydrogen-bond donors (Lipinski definition) is 0. The quantitative estimate of drug-likeness (QED) is 0.459. The molecule has 1 unspecified atom stereocenters. The van der Waals surface area contributed by atoms with Gasteiger partial charge in [0.05, 0.1) is 0 Å². The molecule has 27 heavy (non-hydrogen) atoms. The van der Waals surface area contributed by atoms with E-state index in [2.05, 4.69) is 85.4 Å². The summed E-state index contributed by atoms with van der Waals surface area (Å²) in [5.74, 6) is 1.25. The fraction of sp³-hybridized carbons (Fsp3) is 0.217. The molecule has 4 heteroatoms. The van der Waals surface area contributed by atoms with Gasteiger partial charge in [0.1, 0.15) is 5.75 Å². The molecule has 4 rings (SSSR count). The van der Waals surface area contributed by atoms with Crippen LogP contribution in [0.25, 0.3) is 0 Å². The molecule has 1 aromatic carbocycles. The Labute approximate surface area is 162 Å². The van der Waals surface area contributed by atoms with E-state index in [-0.39, 0.29) is 5.92 Å². The molecule has 138 valence electrons. The second-order valence-electron chi connectivity index (χ2n) is 7.09. The minimum atomic E-state index is -1.04. The van der Waals surface area contributed by atoms with Crippen molar-refractivity contribution in [3.63, 3.8) is 0 Å². The highest BCUT2D eigenvalue weighted by Gasteiger charge is 2.25. The first-order chi connectivity index (χ1) is 13.1. The molecule has 1 atom stereocenters. The van der Waals surface area contributed by atoms with Crippen molar-refractivity contribution in [1.29, 1.82) is 0 Å². The Morgan fingerprint density at radius 2 is 1.44 bits per heavy atom. The smallest absolute Gasteiger partial charge is 0.317 e. The summed E-state index contributed by atoms with van der Waals surface area (Å²) < 4.78 is 11.0. The summed E-state index contributed by atoms with van der Waals surface area (Å²) in [6.45, 7) is 8.80. The van der Waals surface area contributed by atoms with Gasteiger partial charge >= 0.3 is 8.45 Å². The Morgan fingerprint density at radius 1 is 0.852 bits per heavy atom. The van der Waals surface area contributed by atoms with Gasteiger partial charge in [-0.15, -0.1) is 0 Å². The number of nitrogens with zero attached hydrogens (tertiary/aromatic N) is 2. The van der Waals surface area contributed by atoms with Gasteiger partial charge in [-0.25, -0.2) is 0 Å². The van der Waals surface area contributed by atoms with Crippen LogP contribution in [0.4, 0.5) is 0 Å². The van der Waals surface area contributed by atoms with Gasteiger partial charge in [-0.05, 0) is 69.2 Å². The molecular formula is C23H25N2OP. The number of aromatic nitrogens is 2. The molecule has 2 aromatic heterocycles. The maximum Gasteiger partial charge on any atom is 0.317 e. The van der Waals surface area contributed by atoms with E-state index in [0.29, 0.717) is 0 Å². The molecule has 3 aromatic rings. The third kappa shape index (κ3) is 3.28. The zero-order valence-electron chi connectivity index (χ0n) is 16.3. The van der Waals surface area contributed by atoms with Crippen LogP contribution < -0.4 is 4.52 Å². The molecule has 3 nitrogen and oxygen atoms in total. The Hall–Kier alpha value is -2.51. The topological polar surface area (TPSA) is 19.1 Å². The van der Waals surface area contributed by atoms with Crippen molar-refractivity contribution >= 4 is 8.45 Å². The molecule has 0 radical (unpaired) electrons. The summed E-state index contributed by atoms with van der Waals surface area (Å²) in [4.78, 5) is 0.